The standard InChI is InChI=1S/C39H49N3O4S/c1-4-17-40-38(44)36(22-29-10-6-5-7-11-29)41(26-30-12-8-9-28(2)18-30)37(43)27-42(47(3,45)46)35-15-13-34(14-16-35)39-23-31-19-32(24-39)21-33(20-31)25-39/h5-16,18,31-33,36H,4,17,19-27H2,1-3H3,(H,40,44). The van der Waals surface area contributed by atoms with E-state index in [1.807, 2.05) is 80.6 Å². The molecule has 0 saturated heterocycles. The number of hydrogen-bond donors (Lipinski definition) is 1. The predicted molar refractivity (Wildman–Crippen MR) is 187 cm³/mol. The van der Waals surface area contributed by atoms with E-state index >= 15 is 0 Å². The molecule has 4 fully saturated rings. The summed E-state index contributed by atoms with van der Waals surface area (Å²) in [6, 6.07) is 24.7. The number of nitrogens with one attached hydrogen (secondary N) is 1. The molecule has 47 heavy (non-hydrogen) atoms. The predicted octanol–water partition coefficient (Wildman–Crippen LogP) is 6.40. The Hall–Kier alpha value is -3.65. The zero-order valence-electron chi connectivity index (χ0n) is 28.0. The van der Waals surface area contributed by atoms with Crippen molar-refractivity contribution in [2.24, 2.45) is 17.8 Å². The molecule has 0 spiro atoms. The third-order valence-corrected chi connectivity index (χ3v) is 11.9. The summed E-state index contributed by atoms with van der Waals surface area (Å²) < 4.78 is 27.8. The van der Waals surface area contributed by atoms with E-state index < -0.39 is 28.5 Å². The number of amides is 2. The van der Waals surface area contributed by atoms with Crippen LogP contribution in [0.1, 0.15) is 74.1 Å². The lowest BCUT2D eigenvalue weighted by molar-refractivity contribution is -0.140. The molecule has 8 heteroatoms. The SMILES string of the molecule is CCCNC(=O)C(Cc1ccccc1)N(Cc1cccc(C)c1)C(=O)CN(c1ccc(C23CC4CC(CC(C4)C2)C3)cc1)S(C)(=O)=O. The third-order valence-electron chi connectivity index (χ3n) is 10.7. The number of hydrogen-bond acceptors (Lipinski definition) is 4. The monoisotopic (exact) mass is 655 g/mol. The number of carbonyl (C=O) groups is 2. The summed E-state index contributed by atoms with van der Waals surface area (Å²) in [5, 5.41) is 3.00. The first-order chi connectivity index (χ1) is 22.5. The van der Waals surface area contributed by atoms with Crippen molar-refractivity contribution in [2.45, 2.75) is 83.2 Å². The Morgan fingerprint density at radius 3 is 2.06 bits per heavy atom. The highest BCUT2D eigenvalue weighted by atomic mass is 32.2. The molecule has 7 rings (SSSR count). The van der Waals surface area contributed by atoms with Gasteiger partial charge in [0.1, 0.15) is 12.6 Å². The number of aryl methyl sites for hydroxylation is 1. The molecular weight excluding hydrogens is 607 g/mol. The van der Waals surface area contributed by atoms with Crippen LogP contribution in [0.3, 0.4) is 0 Å². The van der Waals surface area contributed by atoms with Gasteiger partial charge in [0, 0.05) is 19.5 Å². The fourth-order valence-electron chi connectivity index (χ4n) is 8.99. The molecule has 3 aromatic carbocycles. The average Bonchev–Trinajstić information content (AvgIpc) is 3.03. The van der Waals surface area contributed by atoms with E-state index in [-0.39, 0.29) is 17.9 Å². The van der Waals surface area contributed by atoms with Crippen LogP contribution >= 0.6 is 0 Å². The maximum absolute atomic E-state index is 14.4. The van der Waals surface area contributed by atoms with Crippen molar-refractivity contribution in [3.63, 3.8) is 0 Å². The van der Waals surface area contributed by atoms with Gasteiger partial charge in [-0.05, 0) is 104 Å². The van der Waals surface area contributed by atoms with Crippen LogP contribution in [0.2, 0.25) is 0 Å². The maximum Gasteiger partial charge on any atom is 0.244 e. The summed E-state index contributed by atoms with van der Waals surface area (Å²) in [5.74, 6) is 1.76. The Morgan fingerprint density at radius 1 is 0.872 bits per heavy atom. The van der Waals surface area contributed by atoms with E-state index in [0.29, 0.717) is 18.7 Å². The van der Waals surface area contributed by atoms with Crippen molar-refractivity contribution < 1.29 is 18.0 Å². The van der Waals surface area contributed by atoms with Gasteiger partial charge in [0.25, 0.3) is 0 Å². The van der Waals surface area contributed by atoms with E-state index in [1.54, 1.807) is 4.90 Å². The molecule has 1 N–H and O–H groups in total. The molecule has 0 radical (unpaired) electrons. The molecule has 1 atom stereocenters. The Labute approximate surface area is 280 Å². The van der Waals surface area contributed by atoms with Gasteiger partial charge in [0.05, 0.1) is 11.9 Å². The van der Waals surface area contributed by atoms with E-state index in [2.05, 4.69) is 17.4 Å². The van der Waals surface area contributed by atoms with Crippen molar-refractivity contribution in [1.29, 1.82) is 0 Å². The van der Waals surface area contributed by atoms with Crippen molar-refractivity contribution in [3.05, 3.63) is 101 Å². The maximum atomic E-state index is 14.4. The molecule has 0 heterocycles. The first kappa shape index (κ1) is 33.3. The Morgan fingerprint density at radius 2 is 1.49 bits per heavy atom. The molecule has 4 bridgehead atoms. The number of rotatable bonds is 13. The van der Waals surface area contributed by atoms with Crippen molar-refractivity contribution in [1.82, 2.24) is 10.2 Å². The third kappa shape index (κ3) is 7.58. The lowest BCUT2D eigenvalue weighted by atomic mass is 9.48. The number of anilines is 1. The van der Waals surface area contributed by atoms with E-state index in [0.717, 1.165) is 47.1 Å². The summed E-state index contributed by atoms with van der Waals surface area (Å²) in [6.45, 7) is 4.25. The highest BCUT2D eigenvalue weighted by Crippen LogP contribution is 2.60. The van der Waals surface area contributed by atoms with Gasteiger partial charge in [0.2, 0.25) is 21.8 Å². The van der Waals surface area contributed by atoms with E-state index in [9.17, 15) is 18.0 Å². The minimum absolute atomic E-state index is 0.181. The quantitative estimate of drug-likeness (QED) is 0.231. The van der Waals surface area contributed by atoms with Gasteiger partial charge in [0.15, 0.2) is 0 Å². The molecule has 3 aromatic rings. The normalized spacial score (nSPS) is 23.7. The summed E-state index contributed by atoms with van der Waals surface area (Å²) in [6.07, 6.45) is 9.99. The van der Waals surface area contributed by atoms with Crippen molar-refractivity contribution >= 4 is 27.5 Å². The lowest BCUT2D eigenvalue weighted by Gasteiger charge is -2.57. The van der Waals surface area contributed by atoms with Gasteiger partial charge in [-0.15, -0.1) is 0 Å². The van der Waals surface area contributed by atoms with Crippen molar-refractivity contribution in [3.8, 4) is 0 Å². The second-order valence-electron chi connectivity index (χ2n) is 14.5. The fraction of sp³-hybridized carbons (Fsp3) is 0.487. The number of benzene rings is 3. The molecule has 0 aromatic heterocycles. The molecule has 4 aliphatic carbocycles. The number of carbonyl (C=O) groups excluding carboxylic acids is 2. The Bertz CT molecular complexity index is 1640. The van der Waals surface area contributed by atoms with Crippen LogP contribution in [0.15, 0.2) is 78.9 Å². The minimum atomic E-state index is -3.82. The van der Waals surface area contributed by atoms with E-state index in [4.69, 9.17) is 0 Å². The van der Waals surface area contributed by atoms with Crippen LogP contribution in [-0.2, 0) is 38.0 Å². The molecule has 0 aliphatic heterocycles. The highest BCUT2D eigenvalue weighted by molar-refractivity contribution is 7.92. The van der Waals surface area contributed by atoms with E-state index in [1.165, 1.54) is 48.4 Å². The second-order valence-corrected chi connectivity index (χ2v) is 16.4. The Balaban J connectivity index is 1.30. The molecular formula is C39H49N3O4S. The molecule has 4 aliphatic rings. The number of nitrogens with zero attached hydrogens (tertiary/aromatic N) is 2. The van der Waals surface area contributed by atoms with Gasteiger partial charge in [-0.25, -0.2) is 8.42 Å². The topological polar surface area (TPSA) is 86.8 Å². The summed E-state index contributed by atoms with van der Waals surface area (Å²) >= 11 is 0. The first-order valence-corrected chi connectivity index (χ1v) is 19.1. The van der Waals surface area contributed by atoms with Gasteiger partial charge >= 0.3 is 0 Å². The van der Waals surface area contributed by atoms with Gasteiger partial charge in [-0.2, -0.15) is 0 Å². The van der Waals surface area contributed by atoms with Gasteiger partial charge in [-0.3, -0.25) is 13.9 Å². The summed E-state index contributed by atoms with van der Waals surface area (Å²) in [5.41, 5.74) is 4.82. The van der Waals surface area contributed by atoms with Gasteiger partial charge < -0.3 is 10.2 Å². The fourth-order valence-corrected chi connectivity index (χ4v) is 9.84. The second kappa shape index (κ2) is 13.8. The number of sulfonamides is 1. The summed E-state index contributed by atoms with van der Waals surface area (Å²) in [7, 11) is -3.82. The Kier molecular flexibility index (Phi) is 9.79. The van der Waals surface area contributed by atoms with Crippen LogP contribution in [0.5, 0.6) is 0 Å². The molecule has 250 valence electrons. The van der Waals surface area contributed by atoms with Crippen LogP contribution < -0.4 is 9.62 Å². The molecule has 1 unspecified atom stereocenters. The van der Waals surface area contributed by atoms with Crippen LogP contribution in [-0.4, -0.2) is 50.5 Å². The smallest absolute Gasteiger partial charge is 0.244 e. The zero-order valence-corrected chi connectivity index (χ0v) is 28.8. The largest absolute Gasteiger partial charge is 0.354 e. The highest BCUT2D eigenvalue weighted by Gasteiger charge is 2.51. The van der Waals surface area contributed by atoms with Crippen molar-refractivity contribution in [2.75, 3.05) is 23.7 Å². The van der Waals surface area contributed by atoms with Crippen LogP contribution in [0.4, 0.5) is 5.69 Å². The van der Waals surface area contributed by atoms with Gasteiger partial charge in [-0.1, -0.05) is 79.2 Å². The minimum Gasteiger partial charge on any atom is -0.354 e. The molecule has 2 amide bonds. The average molecular weight is 656 g/mol. The summed E-state index contributed by atoms with van der Waals surface area (Å²) in [4.78, 5) is 29.7. The lowest BCUT2D eigenvalue weighted by Crippen LogP contribution is -2.53. The van der Waals surface area contributed by atoms with Crippen LogP contribution in [0.25, 0.3) is 0 Å². The molecule has 4 saturated carbocycles. The molecule has 7 nitrogen and oxygen atoms in total. The zero-order chi connectivity index (χ0) is 33.2. The van der Waals surface area contributed by atoms with Crippen LogP contribution in [0, 0.1) is 24.7 Å². The first-order valence-electron chi connectivity index (χ1n) is 17.3.